The average Bonchev–Trinajstić information content (AvgIpc) is 2.68. The summed E-state index contributed by atoms with van der Waals surface area (Å²) in [5.41, 5.74) is 1.21. The van der Waals surface area contributed by atoms with E-state index in [1.54, 1.807) is 42.0 Å². The van der Waals surface area contributed by atoms with Gasteiger partial charge in [0.1, 0.15) is 5.75 Å². The Hall–Kier alpha value is -2.60. The van der Waals surface area contributed by atoms with Crippen molar-refractivity contribution in [2.45, 2.75) is 25.0 Å². The first-order valence-electron chi connectivity index (χ1n) is 8.43. The van der Waals surface area contributed by atoms with Crippen molar-refractivity contribution >= 4 is 28.4 Å². The maximum absolute atomic E-state index is 12.7. The predicted octanol–water partition coefficient (Wildman–Crippen LogP) is 3.79. The van der Waals surface area contributed by atoms with E-state index in [2.05, 4.69) is 4.98 Å². The van der Waals surface area contributed by atoms with Crippen molar-refractivity contribution in [3.8, 4) is 5.75 Å². The number of nitrogens with zero attached hydrogens (tertiary/aromatic N) is 2. The lowest BCUT2D eigenvalue weighted by Crippen LogP contribution is -2.23. The van der Waals surface area contributed by atoms with Crippen molar-refractivity contribution in [1.29, 1.82) is 0 Å². The van der Waals surface area contributed by atoms with Gasteiger partial charge in [0.05, 0.1) is 23.8 Å². The summed E-state index contributed by atoms with van der Waals surface area (Å²) in [4.78, 5) is 29.8. The number of hydrogen-bond donors (Lipinski definition) is 0. The van der Waals surface area contributed by atoms with Crippen LogP contribution in [0.5, 0.6) is 5.75 Å². The predicted molar refractivity (Wildman–Crippen MR) is 104 cm³/mol. The summed E-state index contributed by atoms with van der Waals surface area (Å²) in [5, 5.41) is 1.18. The monoisotopic (exact) mass is 368 g/mol. The lowest BCUT2D eigenvalue weighted by atomic mass is 10.1. The minimum absolute atomic E-state index is 0.0110. The lowest BCUT2D eigenvalue weighted by molar-refractivity contribution is 0.102. The smallest absolute Gasteiger partial charge is 0.262 e. The Labute approximate surface area is 156 Å². The number of ketones is 1. The first kappa shape index (κ1) is 18.2. The fourth-order valence-corrected chi connectivity index (χ4v) is 3.59. The van der Waals surface area contributed by atoms with Crippen LogP contribution in [0.4, 0.5) is 0 Å². The van der Waals surface area contributed by atoms with Crippen molar-refractivity contribution in [1.82, 2.24) is 9.55 Å². The van der Waals surface area contributed by atoms with Gasteiger partial charge in [-0.3, -0.25) is 14.2 Å². The van der Waals surface area contributed by atoms with Crippen LogP contribution in [0.3, 0.4) is 0 Å². The van der Waals surface area contributed by atoms with E-state index in [0.29, 0.717) is 33.9 Å². The van der Waals surface area contributed by atoms with Gasteiger partial charge in [-0.15, -0.1) is 0 Å². The van der Waals surface area contributed by atoms with Crippen LogP contribution in [0.25, 0.3) is 10.9 Å². The van der Waals surface area contributed by atoms with Gasteiger partial charge in [-0.2, -0.15) is 0 Å². The van der Waals surface area contributed by atoms with Gasteiger partial charge in [-0.1, -0.05) is 30.8 Å². The molecule has 1 heterocycles. The summed E-state index contributed by atoms with van der Waals surface area (Å²) < 4.78 is 6.77. The van der Waals surface area contributed by atoms with E-state index >= 15 is 0 Å². The van der Waals surface area contributed by atoms with Gasteiger partial charge in [-0.25, -0.2) is 4.98 Å². The van der Waals surface area contributed by atoms with Crippen molar-refractivity contribution in [3.05, 3.63) is 64.4 Å². The zero-order chi connectivity index (χ0) is 18.5. The van der Waals surface area contributed by atoms with Crippen LogP contribution in [-0.4, -0.2) is 28.2 Å². The summed E-state index contributed by atoms with van der Waals surface area (Å²) in [5.74, 6) is 0.922. The van der Waals surface area contributed by atoms with Crippen LogP contribution in [0, 0.1) is 0 Å². The number of Topliss-reactive ketones (excluding diaryl/α,β-unsaturated/α-hetero) is 1. The van der Waals surface area contributed by atoms with Crippen molar-refractivity contribution in [2.24, 2.45) is 0 Å². The van der Waals surface area contributed by atoms with Crippen LogP contribution in [0.1, 0.15) is 23.7 Å². The maximum Gasteiger partial charge on any atom is 0.262 e. The van der Waals surface area contributed by atoms with E-state index in [9.17, 15) is 9.59 Å². The third-order valence-corrected chi connectivity index (χ3v) is 4.99. The highest BCUT2D eigenvalue weighted by atomic mass is 32.2. The van der Waals surface area contributed by atoms with E-state index in [0.717, 1.165) is 6.42 Å². The number of rotatable bonds is 7. The standard InChI is InChI=1S/C20H20N2O3S/c1-3-12-22-19(24)16-6-4-5-7-17(16)21-20(22)26-13-18(23)14-8-10-15(25-2)11-9-14/h4-11H,3,12-13H2,1-2H3. The third-order valence-electron chi connectivity index (χ3n) is 4.02. The second kappa shape index (κ2) is 8.19. The molecule has 5 nitrogen and oxygen atoms in total. The highest BCUT2D eigenvalue weighted by Crippen LogP contribution is 2.20. The lowest BCUT2D eigenvalue weighted by Gasteiger charge is -2.12. The molecular weight excluding hydrogens is 348 g/mol. The van der Waals surface area contributed by atoms with Crippen LogP contribution in [0.15, 0.2) is 58.5 Å². The van der Waals surface area contributed by atoms with Gasteiger partial charge in [0.2, 0.25) is 0 Å². The fraction of sp³-hybridized carbons (Fsp3) is 0.250. The zero-order valence-electron chi connectivity index (χ0n) is 14.8. The molecule has 3 aromatic rings. The van der Waals surface area contributed by atoms with Crippen LogP contribution in [0.2, 0.25) is 0 Å². The van der Waals surface area contributed by atoms with E-state index < -0.39 is 0 Å². The normalized spacial score (nSPS) is 10.8. The summed E-state index contributed by atoms with van der Waals surface area (Å²) in [6.07, 6.45) is 0.819. The minimum Gasteiger partial charge on any atom is -0.497 e. The first-order valence-corrected chi connectivity index (χ1v) is 9.42. The zero-order valence-corrected chi connectivity index (χ0v) is 15.6. The first-order chi connectivity index (χ1) is 12.6. The van der Waals surface area contributed by atoms with Crippen LogP contribution >= 0.6 is 11.8 Å². The number of benzene rings is 2. The molecule has 0 atom stereocenters. The molecule has 3 rings (SSSR count). The number of carbonyl (C=O) groups is 1. The highest BCUT2D eigenvalue weighted by Gasteiger charge is 2.13. The Morgan fingerprint density at radius 1 is 1.15 bits per heavy atom. The van der Waals surface area contributed by atoms with E-state index in [4.69, 9.17) is 4.74 Å². The van der Waals surface area contributed by atoms with Crippen LogP contribution < -0.4 is 10.3 Å². The molecule has 0 radical (unpaired) electrons. The van der Waals surface area contributed by atoms with Gasteiger partial charge in [0, 0.05) is 12.1 Å². The molecule has 0 N–H and O–H groups in total. The number of thioether (sulfide) groups is 1. The van der Waals surface area contributed by atoms with Gasteiger partial charge in [0.15, 0.2) is 10.9 Å². The van der Waals surface area contributed by atoms with Gasteiger partial charge in [0.25, 0.3) is 5.56 Å². The Balaban J connectivity index is 1.86. The molecule has 0 aliphatic carbocycles. The highest BCUT2D eigenvalue weighted by molar-refractivity contribution is 7.99. The molecule has 0 spiro atoms. The molecule has 134 valence electrons. The van der Waals surface area contributed by atoms with Gasteiger partial charge < -0.3 is 4.74 Å². The van der Waals surface area contributed by atoms with E-state index in [-0.39, 0.29) is 17.1 Å². The molecule has 0 bridgehead atoms. The molecule has 26 heavy (non-hydrogen) atoms. The maximum atomic E-state index is 12.7. The molecule has 0 unspecified atom stereocenters. The Morgan fingerprint density at radius 3 is 2.58 bits per heavy atom. The van der Waals surface area contributed by atoms with E-state index in [1.807, 2.05) is 25.1 Å². The molecule has 2 aromatic carbocycles. The van der Waals surface area contributed by atoms with Crippen LogP contribution in [-0.2, 0) is 6.54 Å². The number of hydrogen-bond acceptors (Lipinski definition) is 5. The number of aromatic nitrogens is 2. The number of ether oxygens (including phenoxy) is 1. The van der Waals surface area contributed by atoms with Gasteiger partial charge in [-0.05, 0) is 42.8 Å². The number of para-hydroxylation sites is 1. The van der Waals surface area contributed by atoms with Crippen molar-refractivity contribution < 1.29 is 9.53 Å². The second-order valence-electron chi connectivity index (χ2n) is 5.81. The molecular formula is C20H20N2O3S. The summed E-state index contributed by atoms with van der Waals surface area (Å²) in [6.45, 7) is 2.59. The Kier molecular flexibility index (Phi) is 5.73. The molecule has 0 amide bonds. The second-order valence-corrected chi connectivity index (χ2v) is 6.75. The third kappa shape index (κ3) is 3.80. The Morgan fingerprint density at radius 2 is 1.88 bits per heavy atom. The topological polar surface area (TPSA) is 61.2 Å². The molecule has 0 fully saturated rings. The average molecular weight is 368 g/mol. The summed E-state index contributed by atoms with van der Waals surface area (Å²) >= 11 is 1.30. The quantitative estimate of drug-likeness (QED) is 0.361. The number of methoxy groups -OCH3 is 1. The summed E-state index contributed by atoms with van der Waals surface area (Å²) in [7, 11) is 1.59. The molecule has 0 saturated heterocycles. The molecule has 0 aliphatic rings. The summed E-state index contributed by atoms with van der Waals surface area (Å²) in [6, 6.07) is 14.3. The largest absolute Gasteiger partial charge is 0.497 e. The molecule has 6 heteroatoms. The Bertz CT molecular complexity index is 981. The number of fused-ring (bicyclic) bond motifs is 1. The SMILES string of the molecule is CCCn1c(SCC(=O)c2ccc(OC)cc2)nc2ccccc2c1=O. The fourth-order valence-electron chi connectivity index (χ4n) is 2.67. The molecule has 0 aliphatic heterocycles. The van der Waals surface area contributed by atoms with E-state index in [1.165, 1.54) is 11.8 Å². The molecule has 0 saturated carbocycles. The van der Waals surface area contributed by atoms with Crippen molar-refractivity contribution in [2.75, 3.05) is 12.9 Å². The van der Waals surface area contributed by atoms with Gasteiger partial charge >= 0.3 is 0 Å². The molecule has 1 aromatic heterocycles. The minimum atomic E-state index is -0.0585. The van der Waals surface area contributed by atoms with Crippen molar-refractivity contribution in [3.63, 3.8) is 0 Å². The number of carbonyl (C=O) groups excluding carboxylic acids is 1.